The molecule has 0 saturated heterocycles. The van der Waals surface area contributed by atoms with E-state index in [2.05, 4.69) is 13.0 Å². The molecule has 2 aromatic rings. The molecule has 0 unspecified atom stereocenters. The van der Waals surface area contributed by atoms with Crippen LogP contribution in [-0.2, 0) is 4.79 Å². The zero-order valence-corrected chi connectivity index (χ0v) is 9.48. The third-order valence-electron chi connectivity index (χ3n) is 2.86. The van der Waals surface area contributed by atoms with E-state index in [0.29, 0.717) is 6.42 Å². The fourth-order valence-electron chi connectivity index (χ4n) is 2.04. The van der Waals surface area contributed by atoms with Crippen LogP contribution >= 0.6 is 0 Å². The van der Waals surface area contributed by atoms with E-state index in [9.17, 15) is 4.79 Å². The van der Waals surface area contributed by atoms with Gasteiger partial charge in [0.2, 0.25) is 0 Å². The van der Waals surface area contributed by atoms with E-state index in [-0.39, 0.29) is 5.92 Å². The summed E-state index contributed by atoms with van der Waals surface area (Å²) in [6, 6.07) is 10.0. The van der Waals surface area contributed by atoms with E-state index in [1.807, 2.05) is 24.3 Å². The predicted octanol–water partition coefficient (Wildman–Crippen LogP) is 3.91. The minimum absolute atomic E-state index is 0.231. The molecule has 2 nitrogen and oxygen atoms in total. The Morgan fingerprint density at radius 2 is 2.19 bits per heavy atom. The zero-order chi connectivity index (χ0) is 11.4. The van der Waals surface area contributed by atoms with Gasteiger partial charge >= 0.3 is 0 Å². The van der Waals surface area contributed by atoms with Crippen LogP contribution < -0.4 is 0 Å². The second-order valence-electron chi connectivity index (χ2n) is 4.07. The van der Waals surface area contributed by atoms with Gasteiger partial charge in [-0.15, -0.1) is 0 Å². The Kier molecular flexibility index (Phi) is 3.40. The monoisotopic (exact) mass is 216 g/mol. The van der Waals surface area contributed by atoms with Crippen molar-refractivity contribution in [3.05, 3.63) is 36.1 Å². The first-order valence-electron chi connectivity index (χ1n) is 5.77. The van der Waals surface area contributed by atoms with E-state index < -0.39 is 0 Å². The lowest BCUT2D eigenvalue weighted by atomic mass is 9.97. The molecule has 0 amide bonds. The average Bonchev–Trinajstić information content (AvgIpc) is 2.72. The first-order valence-corrected chi connectivity index (χ1v) is 5.77. The second kappa shape index (κ2) is 4.97. The summed E-state index contributed by atoms with van der Waals surface area (Å²) < 4.78 is 5.78. The number of carbonyl (C=O) groups excluding carboxylic acids is 1. The summed E-state index contributed by atoms with van der Waals surface area (Å²) in [6.07, 6.45) is 3.59. The number of hydrogen-bond acceptors (Lipinski definition) is 2. The van der Waals surface area contributed by atoms with Gasteiger partial charge in [-0.25, -0.2) is 0 Å². The predicted molar refractivity (Wildman–Crippen MR) is 64.5 cm³/mol. The van der Waals surface area contributed by atoms with E-state index >= 15 is 0 Å². The summed E-state index contributed by atoms with van der Waals surface area (Å²) in [6.45, 7) is 2.13. The molecular weight excluding hydrogens is 200 g/mol. The summed E-state index contributed by atoms with van der Waals surface area (Å²) in [4.78, 5) is 10.6. The SMILES string of the molecule is CCC[C@H](CC=O)c1cc2ccccc2o1. The maximum atomic E-state index is 10.6. The van der Waals surface area contributed by atoms with Gasteiger partial charge in [0.05, 0.1) is 0 Å². The fourth-order valence-corrected chi connectivity index (χ4v) is 2.04. The van der Waals surface area contributed by atoms with E-state index in [1.54, 1.807) is 0 Å². The van der Waals surface area contributed by atoms with Gasteiger partial charge in [-0.2, -0.15) is 0 Å². The van der Waals surface area contributed by atoms with E-state index in [4.69, 9.17) is 4.42 Å². The topological polar surface area (TPSA) is 30.2 Å². The van der Waals surface area contributed by atoms with E-state index in [1.165, 1.54) is 0 Å². The number of hydrogen-bond donors (Lipinski definition) is 0. The van der Waals surface area contributed by atoms with Crippen LogP contribution in [0.15, 0.2) is 34.7 Å². The highest BCUT2D eigenvalue weighted by Crippen LogP contribution is 2.29. The standard InChI is InChI=1S/C14H16O2/c1-2-5-11(8-9-15)14-10-12-6-3-4-7-13(12)16-14/h3-4,6-7,9-11H,2,5,8H2,1H3/t11-/m1/s1. The van der Waals surface area contributed by atoms with Gasteiger partial charge in [0.15, 0.2) is 0 Å². The van der Waals surface area contributed by atoms with Crippen LogP contribution in [0.25, 0.3) is 11.0 Å². The molecule has 84 valence electrons. The van der Waals surface area contributed by atoms with Gasteiger partial charge in [-0.05, 0) is 18.6 Å². The minimum atomic E-state index is 0.231. The van der Waals surface area contributed by atoms with Crippen molar-refractivity contribution in [1.82, 2.24) is 0 Å². The zero-order valence-electron chi connectivity index (χ0n) is 9.48. The molecule has 0 fully saturated rings. The maximum Gasteiger partial charge on any atom is 0.134 e. The molecule has 0 spiro atoms. The molecule has 2 heteroatoms. The summed E-state index contributed by atoms with van der Waals surface area (Å²) >= 11 is 0. The number of aldehydes is 1. The summed E-state index contributed by atoms with van der Waals surface area (Å²) in [5, 5.41) is 1.12. The smallest absolute Gasteiger partial charge is 0.134 e. The first-order chi connectivity index (χ1) is 7.85. The molecule has 0 bridgehead atoms. The molecule has 1 heterocycles. The fraction of sp³-hybridized carbons (Fsp3) is 0.357. The van der Waals surface area contributed by atoms with Crippen molar-refractivity contribution in [3.63, 3.8) is 0 Å². The minimum Gasteiger partial charge on any atom is -0.461 e. The van der Waals surface area contributed by atoms with Gasteiger partial charge in [0.25, 0.3) is 0 Å². The number of carbonyl (C=O) groups is 1. The Labute approximate surface area is 95.3 Å². The number of para-hydroxylation sites is 1. The number of furan rings is 1. The largest absolute Gasteiger partial charge is 0.461 e. The van der Waals surface area contributed by atoms with Crippen LogP contribution in [0.5, 0.6) is 0 Å². The molecule has 1 aromatic heterocycles. The molecule has 0 aliphatic rings. The lowest BCUT2D eigenvalue weighted by Gasteiger charge is -2.08. The third kappa shape index (κ3) is 2.16. The third-order valence-corrected chi connectivity index (χ3v) is 2.86. The van der Waals surface area contributed by atoms with Gasteiger partial charge in [-0.3, -0.25) is 0 Å². The van der Waals surface area contributed by atoms with Crippen LogP contribution in [0.2, 0.25) is 0 Å². The van der Waals surface area contributed by atoms with Crippen LogP contribution in [0.1, 0.15) is 37.9 Å². The van der Waals surface area contributed by atoms with Gasteiger partial charge in [-0.1, -0.05) is 31.5 Å². The van der Waals surface area contributed by atoms with Crippen molar-refractivity contribution < 1.29 is 9.21 Å². The number of fused-ring (bicyclic) bond motifs is 1. The maximum absolute atomic E-state index is 10.6. The Bertz CT molecular complexity index is 437. The highest BCUT2D eigenvalue weighted by atomic mass is 16.3. The molecule has 1 atom stereocenters. The average molecular weight is 216 g/mol. The van der Waals surface area contributed by atoms with Crippen molar-refractivity contribution in [2.24, 2.45) is 0 Å². The van der Waals surface area contributed by atoms with Crippen molar-refractivity contribution >= 4 is 17.3 Å². The molecule has 0 radical (unpaired) electrons. The molecule has 0 saturated carbocycles. The van der Waals surface area contributed by atoms with Crippen LogP contribution in [0.4, 0.5) is 0 Å². The van der Waals surface area contributed by atoms with Gasteiger partial charge in [0.1, 0.15) is 17.6 Å². The van der Waals surface area contributed by atoms with Crippen molar-refractivity contribution in [2.45, 2.75) is 32.1 Å². The highest BCUT2D eigenvalue weighted by molar-refractivity contribution is 5.77. The first kappa shape index (κ1) is 10.9. The lowest BCUT2D eigenvalue weighted by molar-refractivity contribution is -0.108. The van der Waals surface area contributed by atoms with Crippen LogP contribution in [-0.4, -0.2) is 6.29 Å². The van der Waals surface area contributed by atoms with Crippen LogP contribution in [0.3, 0.4) is 0 Å². The van der Waals surface area contributed by atoms with Crippen molar-refractivity contribution in [3.8, 4) is 0 Å². The molecule has 16 heavy (non-hydrogen) atoms. The summed E-state index contributed by atoms with van der Waals surface area (Å²) in [5.41, 5.74) is 0.907. The Hall–Kier alpha value is -1.57. The van der Waals surface area contributed by atoms with Gasteiger partial charge in [0, 0.05) is 17.7 Å². The Balaban J connectivity index is 2.32. The Morgan fingerprint density at radius 1 is 1.38 bits per heavy atom. The summed E-state index contributed by atoms with van der Waals surface area (Å²) in [7, 11) is 0. The lowest BCUT2D eigenvalue weighted by Crippen LogP contribution is -1.97. The second-order valence-corrected chi connectivity index (χ2v) is 4.07. The van der Waals surface area contributed by atoms with Crippen molar-refractivity contribution in [1.29, 1.82) is 0 Å². The van der Waals surface area contributed by atoms with Crippen molar-refractivity contribution in [2.75, 3.05) is 0 Å². The van der Waals surface area contributed by atoms with Crippen LogP contribution in [0, 0.1) is 0 Å². The normalized spacial score (nSPS) is 12.8. The molecule has 0 N–H and O–H groups in total. The molecule has 2 rings (SSSR count). The molecule has 0 aliphatic carbocycles. The highest BCUT2D eigenvalue weighted by Gasteiger charge is 2.14. The Morgan fingerprint density at radius 3 is 2.88 bits per heavy atom. The molecule has 1 aromatic carbocycles. The molecule has 0 aliphatic heterocycles. The number of rotatable bonds is 5. The van der Waals surface area contributed by atoms with E-state index in [0.717, 1.165) is 35.9 Å². The number of benzene rings is 1. The molecular formula is C14H16O2. The summed E-state index contributed by atoms with van der Waals surface area (Å²) in [5.74, 6) is 1.17. The van der Waals surface area contributed by atoms with Gasteiger partial charge < -0.3 is 9.21 Å². The quantitative estimate of drug-likeness (QED) is 0.709.